The van der Waals surface area contributed by atoms with Crippen LogP contribution in [0.15, 0.2) is 23.1 Å². The highest BCUT2D eigenvalue weighted by Gasteiger charge is 2.16. The third-order valence-corrected chi connectivity index (χ3v) is 3.00. The number of nitrogens with two attached hydrogens (primary N) is 1. The van der Waals surface area contributed by atoms with Crippen molar-refractivity contribution >= 4 is 21.8 Å². The Bertz CT molecular complexity index is 433. The summed E-state index contributed by atoms with van der Waals surface area (Å²) in [6.45, 7) is 0.429. The van der Waals surface area contributed by atoms with Gasteiger partial charge in [-0.1, -0.05) is 17.7 Å². The standard InChI is InChI=1S/C8H9ClFNO2S/c9-7-5-6(3-4-11)1-2-8(7)14(10,12)13/h1-2,5H,3-4,11H2. The minimum Gasteiger partial charge on any atom is -0.330 e. The van der Waals surface area contributed by atoms with Crippen LogP contribution in [0, 0.1) is 0 Å². The van der Waals surface area contributed by atoms with E-state index in [1.165, 1.54) is 12.1 Å². The molecule has 1 aromatic carbocycles. The lowest BCUT2D eigenvalue weighted by Gasteiger charge is -2.02. The van der Waals surface area contributed by atoms with Gasteiger partial charge in [-0.15, -0.1) is 3.89 Å². The summed E-state index contributed by atoms with van der Waals surface area (Å²) in [5, 5.41) is -0.113. The van der Waals surface area contributed by atoms with Crippen molar-refractivity contribution in [1.29, 1.82) is 0 Å². The summed E-state index contributed by atoms with van der Waals surface area (Å²) in [6.07, 6.45) is 0.576. The molecule has 0 atom stereocenters. The summed E-state index contributed by atoms with van der Waals surface area (Å²) in [4.78, 5) is -0.500. The predicted molar refractivity (Wildman–Crippen MR) is 52.5 cm³/mol. The molecule has 1 aromatic rings. The van der Waals surface area contributed by atoms with Crippen LogP contribution in [0.5, 0.6) is 0 Å². The molecule has 0 amide bonds. The predicted octanol–water partition coefficient (Wildman–Crippen LogP) is 1.50. The van der Waals surface area contributed by atoms with E-state index in [-0.39, 0.29) is 5.02 Å². The first-order valence-corrected chi connectivity index (χ1v) is 5.64. The van der Waals surface area contributed by atoms with Crippen LogP contribution < -0.4 is 5.73 Å². The molecule has 0 spiro atoms. The molecular formula is C8H9ClFNO2S. The fraction of sp³-hybridized carbons (Fsp3) is 0.250. The van der Waals surface area contributed by atoms with E-state index in [0.717, 1.165) is 11.6 Å². The Hall–Kier alpha value is -0.650. The van der Waals surface area contributed by atoms with Gasteiger partial charge in [0.05, 0.1) is 5.02 Å². The minimum absolute atomic E-state index is 0.113. The third kappa shape index (κ3) is 2.67. The Morgan fingerprint density at radius 3 is 2.50 bits per heavy atom. The van der Waals surface area contributed by atoms with Crippen LogP contribution in [-0.2, 0) is 16.6 Å². The summed E-state index contributed by atoms with van der Waals surface area (Å²) in [7, 11) is -4.73. The zero-order valence-electron chi connectivity index (χ0n) is 7.20. The van der Waals surface area contributed by atoms with Crippen LogP contribution in [0.2, 0.25) is 5.02 Å². The summed E-state index contributed by atoms with van der Waals surface area (Å²) < 4.78 is 33.7. The molecule has 14 heavy (non-hydrogen) atoms. The molecule has 0 fully saturated rings. The van der Waals surface area contributed by atoms with E-state index in [1.54, 1.807) is 0 Å². The van der Waals surface area contributed by atoms with Gasteiger partial charge in [0.25, 0.3) is 0 Å². The largest absolute Gasteiger partial charge is 0.333 e. The van der Waals surface area contributed by atoms with Crippen LogP contribution >= 0.6 is 11.6 Å². The van der Waals surface area contributed by atoms with Gasteiger partial charge in [-0.25, -0.2) is 0 Å². The first-order chi connectivity index (χ1) is 6.45. The number of halogens is 2. The molecule has 0 saturated carbocycles. The molecule has 0 aliphatic carbocycles. The normalized spacial score (nSPS) is 11.6. The van der Waals surface area contributed by atoms with Crippen LogP contribution in [0.3, 0.4) is 0 Å². The lowest BCUT2D eigenvalue weighted by molar-refractivity contribution is 0.552. The van der Waals surface area contributed by atoms with E-state index in [4.69, 9.17) is 17.3 Å². The highest BCUT2D eigenvalue weighted by Crippen LogP contribution is 2.24. The van der Waals surface area contributed by atoms with Crippen molar-refractivity contribution in [3.8, 4) is 0 Å². The van der Waals surface area contributed by atoms with Gasteiger partial charge in [-0.05, 0) is 30.7 Å². The molecule has 0 aromatic heterocycles. The first kappa shape index (κ1) is 11.4. The molecule has 0 unspecified atom stereocenters. The molecule has 0 bridgehead atoms. The molecule has 78 valence electrons. The number of benzene rings is 1. The minimum atomic E-state index is -4.73. The Morgan fingerprint density at radius 1 is 1.43 bits per heavy atom. The molecule has 0 saturated heterocycles. The maximum atomic E-state index is 12.6. The highest BCUT2D eigenvalue weighted by atomic mass is 35.5. The van der Waals surface area contributed by atoms with Gasteiger partial charge in [-0.3, -0.25) is 0 Å². The van der Waals surface area contributed by atoms with Gasteiger partial charge in [-0.2, -0.15) is 8.42 Å². The molecule has 0 radical (unpaired) electrons. The second kappa shape index (κ2) is 4.25. The average molecular weight is 238 g/mol. The van der Waals surface area contributed by atoms with Gasteiger partial charge < -0.3 is 5.73 Å². The second-order valence-corrected chi connectivity index (χ2v) is 4.46. The van der Waals surface area contributed by atoms with Crippen molar-refractivity contribution in [2.24, 2.45) is 5.73 Å². The maximum Gasteiger partial charge on any atom is 0.333 e. The molecule has 0 aliphatic rings. The van der Waals surface area contributed by atoms with Gasteiger partial charge in [0.15, 0.2) is 0 Å². The molecule has 2 N–H and O–H groups in total. The molecule has 1 rings (SSSR count). The number of rotatable bonds is 3. The van der Waals surface area contributed by atoms with Crippen molar-refractivity contribution in [2.45, 2.75) is 11.3 Å². The van der Waals surface area contributed by atoms with E-state index in [1.807, 2.05) is 0 Å². The van der Waals surface area contributed by atoms with E-state index in [0.29, 0.717) is 13.0 Å². The Balaban J connectivity index is 3.15. The fourth-order valence-corrected chi connectivity index (χ4v) is 2.07. The Labute approximate surface area is 86.9 Å². The zero-order chi connectivity index (χ0) is 10.8. The van der Waals surface area contributed by atoms with Crippen molar-refractivity contribution in [3.63, 3.8) is 0 Å². The average Bonchev–Trinajstić information content (AvgIpc) is 2.02. The van der Waals surface area contributed by atoms with Gasteiger partial charge in [0.1, 0.15) is 4.90 Å². The number of hydrogen-bond acceptors (Lipinski definition) is 3. The van der Waals surface area contributed by atoms with Crippen molar-refractivity contribution in [2.75, 3.05) is 6.54 Å². The fourth-order valence-electron chi connectivity index (χ4n) is 1.06. The second-order valence-electron chi connectivity index (χ2n) is 2.74. The Kier molecular flexibility index (Phi) is 3.47. The smallest absolute Gasteiger partial charge is 0.330 e. The van der Waals surface area contributed by atoms with E-state index in [2.05, 4.69) is 0 Å². The molecule has 3 nitrogen and oxygen atoms in total. The molecular weight excluding hydrogens is 229 g/mol. The van der Waals surface area contributed by atoms with Crippen LogP contribution in [0.1, 0.15) is 5.56 Å². The SMILES string of the molecule is NCCc1ccc(S(=O)(=O)F)c(Cl)c1. The van der Waals surface area contributed by atoms with E-state index < -0.39 is 15.1 Å². The van der Waals surface area contributed by atoms with Crippen LogP contribution in [0.25, 0.3) is 0 Å². The van der Waals surface area contributed by atoms with Crippen molar-refractivity contribution < 1.29 is 12.3 Å². The van der Waals surface area contributed by atoms with Gasteiger partial charge >= 0.3 is 10.2 Å². The van der Waals surface area contributed by atoms with E-state index in [9.17, 15) is 12.3 Å². The van der Waals surface area contributed by atoms with Gasteiger partial charge in [0.2, 0.25) is 0 Å². The third-order valence-electron chi connectivity index (χ3n) is 1.69. The lowest BCUT2D eigenvalue weighted by Crippen LogP contribution is -2.03. The summed E-state index contributed by atoms with van der Waals surface area (Å²) >= 11 is 5.59. The summed E-state index contributed by atoms with van der Waals surface area (Å²) in [5.74, 6) is 0. The summed E-state index contributed by atoms with van der Waals surface area (Å²) in [5.41, 5.74) is 6.08. The van der Waals surface area contributed by atoms with E-state index >= 15 is 0 Å². The molecule has 6 heteroatoms. The zero-order valence-corrected chi connectivity index (χ0v) is 8.78. The van der Waals surface area contributed by atoms with Crippen molar-refractivity contribution in [1.82, 2.24) is 0 Å². The topological polar surface area (TPSA) is 60.2 Å². The summed E-state index contributed by atoms with van der Waals surface area (Å²) in [6, 6.07) is 4.04. The molecule has 0 heterocycles. The number of hydrogen-bond donors (Lipinski definition) is 1. The maximum absolute atomic E-state index is 12.6. The highest BCUT2D eigenvalue weighted by molar-refractivity contribution is 7.86. The monoisotopic (exact) mass is 237 g/mol. The first-order valence-electron chi connectivity index (χ1n) is 3.88. The lowest BCUT2D eigenvalue weighted by atomic mass is 10.1. The Morgan fingerprint density at radius 2 is 2.07 bits per heavy atom. The van der Waals surface area contributed by atoms with Crippen molar-refractivity contribution in [3.05, 3.63) is 28.8 Å². The molecule has 0 aliphatic heterocycles. The van der Waals surface area contributed by atoms with Crippen LogP contribution in [-0.4, -0.2) is 15.0 Å². The van der Waals surface area contributed by atoms with Crippen LogP contribution in [0.4, 0.5) is 3.89 Å². The quantitative estimate of drug-likeness (QED) is 0.811. The van der Waals surface area contributed by atoms with Gasteiger partial charge in [0, 0.05) is 0 Å².